The van der Waals surface area contributed by atoms with E-state index in [1.54, 1.807) is 0 Å². The molecule has 0 fully saturated rings. The van der Waals surface area contributed by atoms with Crippen molar-refractivity contribution in [3.05, 3.63) is 188 Å². The molecule has 0 unspecified atom stereocenters. The van der Waals surface area contributed by atoms with E-state index in [2.05, 4.69) is 146 Å². The molecule has 2 aromatic heterocycles. The lowest BCUT2D eigenvalue weighted by Gasteiger charge is -2.14. The number of para-hydroxylation sites is 1. The molecule has 2 heterocycles. The van der Waals surface area contributed by atoms with Gasteiger partial charge in [0.2, 0.25) is 0 Å². The minimum Gasteiger partial charge on any atom is -0.456 e. The van der Waals surface area contributed by atoms with Gasteiger partial charge in [-0.25, -0.2) is 15.0 Å². The van der Waals surface area contributed by atoms with Crippen molar-refractivity contribution in [2.24, 2.45) is 0 Å². The van der Waals surface area contributed by atoms with Crippen molar-refractivity contribution in [1.82, 2.24) is 15.0 Å². The average Bonchev–Trinajstić information content (AvgIpc) is 3.65. The number of fused-ring (bicyclic) bond motifs is 8. The summed E-state index contributed by atoms with van der Waals surface area (Å²) in [5.74, 6) is 1.80. The van der Waals surface area contributed by atoms with Crippen LogP contribution in [0.15, 0.2) is 192 Å². The lowest BCUT2D eigenvalue weighted by molar-refractivity contribution is 0.669. The number of nitrogens with zero attached hydrogens (tertiary/aromatic N) is 3. The summed E-state index contributed by atoms with van der Waals surface area (Å²) in [4.78, 5) is 15.8. The van der Waals surface area contributed by atoms with Crippen LogP contribution < -0.4 is 0 Å². The molecule has 256 valence electrons. The molecule has 0 saturated heterocycles. The second kappa shape index (κ2) is 12.6. The molecule has 11 aromatic rings. The average molecular weight is 702 g/mol. The molecule has 0 bridgehead atoms. The Hall–Kier alpha value is -7.43. The Morgan fingerprint density at radius 2 is 0.873 bits per heavy atom. The first-order chi connectivity index (χ1) is 27.3. The zero-order chi connectivity index (χ0) is 36.3. The predicted molar refractivity (Wildman–Crippen MR) is 227 cm³/mol. The molecule has 4 nitrogen and oxygen atoms in total. The van der Waals surface area contributed by atoms with Crippen LogP contribution in [0.1, 0.15) is 0 Å². The Bertz CT molecular complexity index is 3270. The van der Waals surface area contributed by atoms with Crippen LogP contribution in [0.5, 0.6) is 0 Å². The molecule has 11 rings (SSSR count). The van der Waals surface area contributed by atoms with E-state index >= 15 is 0 Å². The van der Waals surface area contributed by atoms with Crippen LogP contribution in [0.2, 0.25) is 0 Å². The maximum Gasteiger partial charge on any atom is 0.164 e. The Morgan fingerprint density at radius 3 is 1.75 bits per heavy atom. The van der Waals surface area contributed by atoms with E-state index in [1.165, 1.54) is 37.9 Å². The normalized spacial score (nSPS) is 11.6. The fourth-order valence-electron chi connectivity index (χ4n) is 8.18. The van der Waals surface area contributed by atoms with Crippen LogP contribution in [0.25, 0.3) is 111 Å². The Balaban J connectivity index is 1.16. The second-order valence-electron chi connectivity index (χ2n) is 13.9. The van der Waals surface area contributed by atoms with Crippen LogP contribution in [-0.2, 0) is 0 Å². The molecular weight excluding hydrogens is 671 g/mol. The van der Waals surface area contributed by atoms with Crippen LogP contribution in [-0.4, -0.2) is 15.0 Å². The van der Waals surface area contributed by atoms with Crippen LogP contribution >= 0.6 is 0 Å². The Kier molecular flexibility index (Phi) is 7.14. The first-order valence-corrected chi connectivity index (χ1v) is 18.5. The fourth-order valence-corrected chi connectivity index (χ4v) is 8.18. The molecule has 0 amide bonds. The number of hydrogen-bond donors (Lipinski definition) is 0. The van der Waals surface area contributed by atoms with Gasteiger partial charge in [0.1, 0.15) is 11.2 Å². The summed E-state index contributed by atoms with van der Waals surface area (Å²) >= 11 is 0. The minimum absolute atomic E-state index is 0.591. The molecule has 0 spiro atoms. The monoisotopic (exact) mass is 701 g/mol. The third kappa shape index (κ3) is 5.19. The zero-order valence-electron chi connectivity index (χ0n) is 29.6. The van der Waals surface area contributed by atoms with Gasteiger partial charge in [-0.2, -0.15) is 0 Å². The lowest BCUT2D eigenvalue weighted by Crippen LogP contribution is -2.01. The molecule has 0 aliphatic heterocycles. The number of rotatable bonds is 5. The SMILES string of the molecule is c1ccc(-c2ccccc2-c2nc(-c3cccc(-c4cc5c6ccccc6ccc5c5ccccc45)c3)nc(-c3cccc4oc5ccccc5c34)n2)cc1. The zero-order valence-corrected chi connectivity index (χ0v) is 29.6. The van der Waals surface area contributed by atoms with Gasteiger partial charge in [-0.1, -0.05) is 164 Å². The highest BCUT2D eigenvalue weighted by Gasteiger charge is 2.20. The molecule has 9 aromatic carbocycles. The lowest BCUT2D eigenvalue weighted by atomic mass is 9.90. The van der Waals surface area contributed by atoms with Gasteiger partial charge in [-0.3, -0.25) is 0 Å². The predicted octanol–water partition coefficient (Wildman–Crippen LogP) is 13.6. The first kappa shape index (κ1) is 31.1. The summed E-state index contributed by atoms with van der Waals surface area (Å²) in [6.45, 7) is 0. The van der Waals surface area contributed by atoms with Crippen molar-refractivity contribution in [3.8, 4) is 56.4 Å². The molecule has 0 aliphatic rings. The Labute approximate surface area is 317 Å². The highest BCUT2D eigenvalue weighted by molar-refractivity contribution is 6.21. The van der Waals surface area contributed by atoms with Crippen LogP contribution in [0.4, 0.5) is 0 Å². The van der Waals surface area contributed by atoms with Crippen molar-refractivity contribution in [3.63, 3.8) is 0 Å². The van der Waals surface area contributed by atoms with Gasteiger partial charge >= 0.3 is 0 Å². The number of aromatic nitrogens is 3. The molecule has 0 N–H and O–H groups in total. The maximum absolute atomic E-state index is 6.31. The van der Waals surface area contributed by atoms with E-state index in [0.29, 0.717) is 17.5 Å². The standard InChI is InChI=1S/C51H31N3O/c1-2-14-32(15-3-1)36-19-6-9-23-41(36)50-52-49(53-51(54-50)43-25-13-27-47-48(43)42-24-10-11-26-46(42)55-47)35-18-12-17-34(30-35)44-31-45-37-20-5-4-16-33(37)28-29-40(45)38-21-7-8-22-39(38)44/h1-31H. The third-order valence-electron chi connectivity index (χ3n) is 10.7. The van der Waals surface area contributed by atoms with Gasteiger partial charge in [0.05, 0.1) is 0 Å². The number of hydrogen-bond acceptors (Lipinski definition) is 4. The summed E-state index contributed by atoms with van der Waals surface area (Å²) < 4.78 is 6.31. The number of furan rings is 1. The van der Waals surface area contributed by atoms with Crippen LogP contribution in [0, 0.1) is 0 Å². The van der Waals surface area contributed by atoms with E-state index in [0.717, 1.165) is 55.3 Å². The molecule has 0 saturated carbocycles. The highest BCUT2D eigenvalue weighted by atomic mass is 16.3. The van der Waals surface area contributed by atoms with Crippen molar-refractivity contribution in [2.75, 3.05) is 0 Å². The largest absolute Gasteiger partial charge is 0.456 e. The van der Waals surface area contributed by atoms with Gasteiger partial charge in [0, 0.05) is 27.5 Å². The summed E-state index contributed by atoms with van der Waals surface area (Å²) in [5.41, 5.74) is 8.79. The van der Waals surface area contributed by atoms with Crippen molar-refractivity contribution in [1.29, 1.82) is 0 Å². The topological polar surface area (TPSA) is 51.8 Å². The molecule has 0 radical (unpaired) electrons. The van der Waals surface area contributed by atoms with Gasteiger partial charge in [0.25, 0.3) is 0 Å². The van der Waals surface area contributed by atoms with Crippen LogP contribution in [0.3, 0.4) is 0 Å². The quantitative estimate of drug-likeness (QED) is 0.168. The summed E-state index contributed by atoms with van der Waals surface area (Å²) in [6, 6.07) is 65.8. The first-order valence-electron chi connectivity index (χ1n) is 18.5. The van der Waals surface area contributed by atoms with Gasteiger partial charge < -0.3 is 4.42 Å². The van der Waals surface area contributed by atoms with Crippen molar-refractivity contribution < 1.29 is 4.42 Å². The van der Waals surface area contributed by atoms with E-state index < -0.39 is 0 Å². The van der Waals surface area contributed by atoms with E-state index in [9.17, 15) is 0 Å². The Morgan fingerprint density at radius 1 is 0.291 bits per heavy atom. The van der Waals surface area contributed by atoms with Crippen molar-refractivity contribution in [2.45, 2.75) is 0 Å². The maximum atomic E-state index is 6.31. The third-order valence-corrected chi connectivity index (χ3v) is 10.7. The molecule has 4 heteroatoms. The molecule has 0 atom stereocenters. The van der Waals surface area contributed by atoms with Gasteiger partial charge in [-0.05, 0) is 78.8 Å². The summed E-state index contributed by atoms with van der Waals surface area (Å²) in [5, 5.41) is 9.40. The van der Waals surface area contributed by atoms with E-state index in [1.807, 2.05) is 42.5 Å². The molecular formula is C51H31N3O. The number of benzene rings is 9. The smallest absolute Gasteiger partial charge is 0.164 e. The summed E-state index contributed by atoms with van der Waals surface area (Å²) in [6.07, 6.45) is 0. The second-order valence-corrected chi connectivity index (χ2v) is 13.9. The van der Waals surface area contributed by atoms with Gasteiger partial charge in [0.15, 0.2) is 17.5 Å². The minimum atomic E-state index is 0.591. The van der Waals surface area contributed by atoms with Crippen molar-refractivity contribution >= 4 is 54.3 Å². The highest BCUT2D eigenvalue weighted by Crippen LogP contribution is 2.41. The molecule has 0 aliphatic carbocycles. The summed E-state index contributed by atoms with van der Waals surface area (Å²) in [7, 11) is 0. The van der Waals surface area contributed by atoms with E-state index in [4.69, 9.17) is 19.4 Å². The van der Waals surface area contributed by atoms with Gasteiger partial charge in [-0.15, -0.1) is 0 Å². The van der Waals surface area contributed by atoms with E-state index in [-0.39, 0.29) is 0 Å². The fraction of sp³-hybridized carbons (Fsp3) is 0. The molecule has 55 heavy (non-hydrogen) atoms.